The number of hydrogen-bond donors (Lipinski definition) is 1. The van der Waals surface area contributed by atoms with E-state index < -0.39 is 0 Å². The van der Waals surface area contributed by atoms with E-state index in [0.717, 1.165) is 25.8 Å². The van der Waals surface area contributed by atoms with E-state index in [1.54, 1.807) is 0 Å². The Morgan fingerprint density at radius 1 is 1.11 bits per heavy atom. The van der Waals surface area contributed by atoms with Gasteiger partial charge in [0, 0.05) is 25.7 Å². The Bertz CT molecular complexity index is 474. The summed E-state index contributed by atoms with van der Waals surface area (Å²) in [5.41, 5.74) is 3.96. The van der Waals surface area contributed by atoms with Gasteiger partial charge in [0.15, 0.2) is 0 Å². The number of imidazole rings is 1. The largest absolute Gasteiger partial charge is 0.337 e. The third-order valence-electron chi connectivity index (χ3n) is 3.25. The van der Waals surface area contributed by atoms with Crippen molar-refractivity contribution in [3.8, 4) is 0 Å². The Balaban J connectivity index is 2.01. The van der Waals surface area contributed by atoms with Crippen LogP contribution < -0.4 is 5.32 Å². The van der Waals surface area contributed by atoms with Crippen molar-refractivity contribution in [2.75, 3.05) is 13.6 Å². The van der Waals surface area contributed by atoms with Crippen LogP contribution in [-0.2, 0) is 26.3 Å². The third kappa shape index (κ3) is 3.20. The van der Waals surface area contributed by atoms with Crippen molar-refractivity contribution in [1.29, 1.82) is 0 Å². The summed E-state index contributed by atoms with van der Waals surface area (Å²) in [5, 5.41) is 3.19. The highest BCUT2D eigenvalue weighted by Crippen LogP contribution is 2.11. The summed E-state index contributed by atoms with van der Waals surface area (Å²) in [4.78, 5) is 4.52. The SMILES string of the molecule is CNCCc1c(CCc2ccccc2)ncn1C. The molecular weight excluding hydrogens is 222 g/mol. The number of nitrogens with one attached hydrogen (secondary N) is 1. The van der Waals surface area contributed by atoms with Gasteiger partial charge in [0.25, 0.3) is 0 Å². The maximum atomic E-state index is 4.52. The lowest BCUT2D eigenvalue weighted by atomic mass is 10.1. The van der Waals surface area contributed by atoms with Gasteiger partial charge in [0.2, 0.25) is 0 Å². The van der Waals surface area contributed by atoms with Crippen LogP contribution in [-0.4, -0.2) is 23.1 Å². The molecule has 0 fully saturated rings. The van der Waals surface area contributed by atoms with Gasteiger partial charge in [-0.3, -0.25) is 0 Å². The third-order valence-corrected chi connectivity index (χ3v) is 3.25. The van der Waals surface area contributed by atoms with Crippen LogP contribution in [0.5, 0.6) is 0 Å². The average molecular weight is 243 g/mol. The molecule has 1 aromatic carbocycles. The molecule has 0 aliphatic carbocycles. The molecular formula is C15H21N3. The van der Waals surface area contributed by atoms with Gasteiger partial charge in [-0.15, -0.1) is 0 Å². The predicted octanol–water partition coefficient (Wildman–Crippen LogP) is 1.97. The van der Waals surface area contributed by atoms with Crippen molar-refractivity contribution in [1.82, 2.24) is 14.9 Å². The first kappa shape index (κ1) is 12.8. The standard InChI is InChI=1S/C15H21N3/c1-16-11-10-15-14(17-12-18(15)2)9-8-13-6-4-3-5-7-13/h3-7,12,16H,8-11H2,1-2H3. The quantitative estimate of drug-likeness (QED) is 0.840. The molecule has 0 amide bonds. The van der Waals surface area contributed by atoms with Gasteiger partial charge < -0.3 is 9.88 Å². The minimum atomic E-state index is 0.998. The van der Waals surface area contributed by atoms with Gasteiger partial charge in [0.1, 0.15) is 0 Å². The van der Waals surface area contributed by atoms with Crippen molar-refractivity contribution in [2.24, 2.45) is 7.05 Å². The molecule has 1 heterocycles. The summed E-state index contributed by atoms with van der Waals surface area (Å²) in [6.07, 6.45) is 5.04. The van der Waals surface area contributed by atoms with E-state index in [1.165, 1.54) is 17.0 Å². The molecule has 0 radical (unpaired) electrons. The Hall–Kier alpha value is -1.61. The van der Waals surface area contributed by atoms with Crippen LogP contribution in [0.15, 0.2) is 36.7 Å². The fourth-order valence-electron chi connectivity index (χ4n) is 2.18. The first-order chi connectivity index (χ1) is 8.81. The smallest absolute Gasteiger partial charge is 0.0949 e. The van der Waals surface area contributed by atoms with Crippen molar-refractivity contribution in [2.45, 2.75) is 19.3 Å². The second-order valence-corrected chi connectivity index (χ2v) is 4.59. The van der Waals surface area contributed by atoms with Crippen LogP contribution in [0.2, 0.25) is 0 Å². The van der Waals surface area contributed by atoms with E-state index in [9.17, 15) is 0 Å². The highest BCUT2D eigenvalue weighted by atomic mass is 15.0. The maximum Gasteiger partial charge on any atom is 0.0949 e. The molecule has 1 N–H and O–H groups in total. The lowest BCUT2D eigenvalue weighted by Gasteiger charge is -2.06. The van der Waals surface area contributed by atoms with Gasteiger partial charge in [0.05, 0.1) is 12.0 Å². The van der Waals surface area contributed by atoms with Crippen molar-refractivity contribution in [3.05, 3.63) is 53.6 Å². The molecule has 18 heavy (non-hydrogen) atoms. The van der Waals surface area contributed by atoms with Crippen molar-refractivity contribution < 1.29 is 0 Å². The Kier molecular flexibility index (Phi) is 4.53. The van der Waals surface area contributed by atoms with Crippen molar-refractivity contribution in [3.63, 3.8) is 0 Å². The molecule has 1 aromatic heterocycles. The molecule has 0 saturated carbocycles. The predicted molar refractivity (Wildman–Crippen MR) is 74.7 cm³/mol. The van der Waals surface area contributed by atoms with E-state index in [1.807, 2.05) is 13.4 Å². The lowest BCUT2D eigenvalue weighted by molar-refractivity contribution is 0.726. The highest BCUT2D eigenvalue weighted by Gasteiger charge is 2.08. The molecule has 0 spiro atoms. The van der Waals surface area contributed by atoms with Gasteiger partial charge in [-0.05, 0) is 25.5 Å². The summed E-state index contributed by atoms with van der Waals surface area (Å²) < 4.78 is 2.14. The summed E-state index contributed by atoms with van der Waals surface area (Å²) in [7, 11) is 4.06. The molecule has 0 saturated heterocycles. The molecule has 0 unspecified atom stereocenters. The molecule has 2 aromatic rings. The van der Waals surface area contributed by atoms with Gasteiger partial charge in [-0.25, -0.2) is 4.98 Å². The number of aryl methyl sites for hydroxylation is 3. The van der Waals surface area contributed by atoms with Gasteiger partial charge >= 0.3 is 0 Å². The monoisotopic (exact) mass is 243 g/mol. The van der Waals surface area contributed by atoms with E-state index in [-0.39, 0.29) is 0 Å². The van der Waals surface area contributed by atoms with Crippen LogP contribution in [0, 0.1) is 0 Å². The second kappa shape index (κ2) is 6.36. The zero-order valence-corrected chi connectivity index (χ0v) is 11.2. The van der Waals surface area contributed by atoms with E-state index in [0.29, 0.717) is 0 Å². The molecule has 0 aliphatic heterocycles. The van der Waals surface area contributed by atoms with Crippen LogP contribution in [0.3, 0.4) is 0 Å². The van der Waals surface area contributed by atoms with Gasteiger partial charge in [-0.2, -0.15) is 0 Å². The Labute approximate surface area is 109 Å². The second-order valence-electron chi connectivity index (χ2n) is 4.59. The summed E-state index contributed by atoms with van der Waals surface area (Å²) >= 11 is 0. The number of benzene rings is 1. The number of nitrogens with zero attached hydrogens (tertiary/aromatic N) is 2. The Morgan fingerprint density at radius 2 is 1.89 bits per heavy atom. The Morgan fingerprint density at radius 3 is 2.61 bits per heavy atom. The normalized spacial score (nSPS) is 10.8. The van der Waals surface area contributed by atoms with Crippen LogP contribution >= 0.6 is 0 Å². The van der Waals surface area contributed by atoms with Crippen LogP contribution in [0.25, 0.3) is 0 Å². The molecule has 0 atom stereocenters. The number of hydrogen-bond acceptors (Lipinski definition) is 2. The maximum absolute atomic E-state index is 4.52. The van der Waals surface area contributed by atoms with Crippen LogP contribution in [0.4, 0.5) is 0 Å². The summed E-state index contributed by atoms with van der Waals surface area (Å²) in [5.74, 6) is 0. The van der Waals surface area contributed by atoms with Crippen LogP contribution in [0.1, 0.15) is 17.0 Å². The van der Waals surface area contributed by atoms with E-state index >= 15 is 0 Å². The highest BCUT2D eigenvalue weighted by molar-refractivity contribution is 5.19. The van der Waals surface area contributed by atoms with Gasteiger partial charge in [-0.1, -0.05) is 30.3 Å². The van der Waals surface area contributed by atoms with Crippen molar-refractivity contribution >= 4 is 0 Å². The fourth-order valence-corrected chi connectivity index (χ4v) is 2.18. The molecule has 3 heteroatoms. The molecule has 3 nitrogen and oxygen atoms in total. The first-order valence-electron chi connectivity index (χ1n) is 6.49. The topological polar surface area (TPSA) is 29.9 Å². The fraction of sp³-hybridized carbons (Fsp3) is 0.400. The first-order valence-corrected chi connectivity index (χ1v) is 6.49. The molecule has 2 rings (SSSR count). The molecule has 96 valence electrons. The summed E-state index contributed by atoms with van der Waals surface area (Å²) in [6.45, 7) is 0.998. The van der Waals surface area contributed by atoms with E-state index in [4.69, 9.17) is 0 Å². The lowest BCUT2D eigenvalue weighted by Crippen LogP contribution is -2.13. The minimum absolute atomic E-state index is 0.998. The van der Waals surface area contributed by atoms with E-state index in [2.05, 4.69) is 52.2 Å². The number of aromatic nitrogens is 2. The zero-order valence-electron chi connectivity index (χ0n) is 11.2. The molecule has 0 aliphatic rings. The number of rotatable bonds is 6. The summed E-state index contributed by atoms with van der Waals surface area (Å²) in [6, 6.07) is 10.6. The minimum Gasteiger partial charge on any atom is -0.337 e. The average Bonchev–Trinajstić information content (AvgIpc) is 2.76. The number of likely N-dealkylation sites (N-methyl/N-ethyl adjacent to an activating group) is 1. The molecule has 0 bridgehead atoms. The zero-order chi connectivity index (χ0) is 12.8.